The number of nitrogens with zero attached hydrogens (tertiary/aromatic N) is 1. The molecule has 4 aromatic rings. The lowest BCUT2D eigenvalue weighted by molar-refractivity contribution is -0.142. The molecule has 0 spiro atoms. The van der Waals surface area contributed by atoms with Crippen molar-refractivity contribution in [3.05, 3.63) is 94.2 Å². The van der Waals surface area contributed by atoms with Crippen LogP contribution in [0.5, 0.6) is 23.0 Å². The SMILES string of the molecule is O=C1CCC(N2CC3=C(CCC(OCCOCCOCCOc4ccc(Oc5c(-c6ccc(Br)cc6)sc6cc(O)ccc56)cc4)=C3)C2=O)C(=O)N1. The molecule has 0 bridgehead atoms. The number of hydrogen-bond acceptors (Lipinski definition) is 10. The third kappa shape index (κ3) is 8.34. The summed E-state index contributed by atoms with van der Waals surface area (Å²) in [7, 11) is 0. The Balaban J connectivity index is 0.790. The Kier molecular flexibility index (Phi) is 11.2. The lowest BCUT2D eigenvalue weighted by atomic mass is 9.98. The minimum absolute atomic E-state index is 0.129. The van der Waals surface area contributed by atoms with E-state index < -0.39 is 11.9 Å². The van der Waals surface area contributed by atoms with E-state index in [0.717, 1.165) is 47.7 Å². The van der Waals surface area contributed by atoms with Gasteiger partial charge in [0.05, 0.1) is 37.1 Å². The highest BCUT2D eigenvalue weighted by atomic mass is 79.9. The van der Waals surface area contributed by atoms with Gasteiger partial charge in [-0.25, -0.2) is 0 Å². The van der Waals surface area contributed by atoms with E-state index in [9.17, 15) is 19.5 Å². The summed E-state index contributed by atoms with van der Waals surface area (Å²) in [4.78, 5) is 39.2. The number of carbonyl (C=O) groups is 3. The van der Waals surface area contributed by atoms with E-state index in [1.54, 1.807) is 28.4 Å². The predicted octanol–water partition coefficient (Wildman–Crippen LogP) is 6.88. The molecule has 3 heterocycles. The molecule has 13 heteroatoms. The topological polar surface area (TPSA) is 133 Å². The number of phenols is 1. The molecule has 7 rings (SSSR count). The maximum atomic E-state index is 12.9. The summed E-state index contributed by atoms with van der Waals surface area (Å²) in [6, 6.07) is 20.2. The van der Waals surface area contributed by atoms with Crippen LogP contribution >= 0.6 is 27.3 Å². The minimum atomic E-state index is -0.613. The average molecular weight is 790 g/mol. The number of piperidine rings is 1. The molecule has 1 atom stereocenters. The lowest BCUT2D eigenvalue weighted by Gasteiger charge is -2.29. The van der Waals surface area contributed by atoms with Crippen LogP contribution in [-0.2, 0) is 28.6 Å². The summed E-state index contributed by atoms with van der Waals surface area (Å²) in [6.45, 7) is 2.73. The molecule has 1 aliphatic carbocycles. The van der Waals surface area contributed by atoms with Crippen molar-refractivity contribution in [1.82, 2.24) is 10.2 Å². The van der Waals surface area contributed by atoms with Crippen LogP contribution in [0.1, 0.15) is 25.7 Å². The smallest absolute Gasteiger partial charge is 0.251 e. The molecule has 1 fully saturated rings. The summed E-state index contributed by atoms with van der Waals surface area (Å²) in [6.07, 6.45) is 3.65. The highest BCUT2D eigenvalue weighted by molar-refractivity contribution is 9.10. The molecule has 3 aliphatic rings. The number of carbonyl (C=O) groups excluding carboxylic acids is 3. The molecule has 0 radical (unpaired) electrons. The van der Waals surface area contributed by atoms with Gasteiger partial charge in [0.15, 0.2) is 5.75 Å². The van der Waals surface area contributed by atoms with Gasteiger partial charge in [-0.15, -0.1) is 11.3 Å². The van der Waals surface area contributed by atoms with Crippen molar-refractivity contribution in [2.24, 2.45) is 0 Å². The first-order valence-corrected chi connectivity index (χ1v) is 18.7. The highest BCUT2D eigenvalue weighted by Gasteiger charge is 2.40. The van der Waals surface area contributed by atoms with Gasteiger partial charge in [-0.2, -0.15) is 0 Å². The summed E-state index contributed by atoms with van der Waals surface area (Å²) in [5.74, 6) is 2.28. The van der Waals surface area contributed by atoms with Gasteiger partial charge in [0.1, 0.15) is 36.5 Å². The molecule has 52 heavy (non-hydrogen) atoms. The van der Waals surface area contributed by atoms with Crippen molar-refractivity contribution in [3.8, 4) is 33.4 Å². The van der Waals surface area contributed by atoms with Crippen LogP contribution in [0.15, 0.2) is 94.2 Å². The zero-order valence-corrected chi connectivity index (χ0v) is 30.6. The van der Waals surface area contributed by atoms with E-state index >= 15 is 0 Å². The molecular weight excluding hydrogens is 752 g/mol. The number of phenolic OH excluding ortho intramolecular Hbond substituents is 1. The fourth-order valence-electron chi connectivity index (χ4n) is 6.37. The van der Waals surface area contributed by atoms with Gasteiger partial charge in [-0.05, 0) is 84.7 Å². The number of rotatable bonds is 15. The number of hydrogen-bond donors (Lipinski definition) is 2. The van der Waals surface area contributed by atoms with Crippen LogP contribution in [0.3, 0.4) is 0 Å². The van der Waals surface area contributed by atoms with Gasteiger partial charge >= 0.3 is 0 Å². The fourth-order valence-corrected chi connectivity index (χ4v) is 7.80. The molecule has 1 saturated heterocycles. The Labute approximate surface area is 312 Å². The number of aromatic hydroxyl groups is 1. The summed E-state index contributed by atoms with van der Waals surface area (Å²) < 4.78 is 31.4. The second kappa shape index (κ2) is 16.3. The standard InChI is InChI=1S/C39H37BrN2O9S/c40-26-3-1-24(2-4-26)37-36(32-11-5-27(43)22-34(32)52-37)51-29-8-6-28(7-9-29)49-19-17-47-15-16-48-18-20-50-30-10-12-31-25(21-30)23-42(39(31)46)33-13-14-35(44)41-38(33)45/h1-9,11,21-22,33,43H,10,12-20,23H2,(H,41,44,45). The van der Waals surface area contributed by atoms with Gasteiger partial charge in [0.25, 0.3) is 5.91 Å². The van der Waals surface area contributed by atoms with Crippen LogP contribution in [0.25, 0.3) is 20.5 Å². The van der Waals surface area contributed by atoms with E-state index in [2.05, 4.69) is 21.2 Å². The van der Waals surface area contributed by atoms with Crippen LogP contribution in [0.4, 0.5) is 0 Å². The number of benzene rings is 3. The van der Waals surface area contributed by atoms with Crippen molar-refractivity contribution in [2.45, 2.75) is 31.7 Å². The molecule has 0 saturated carbocycles. The van der Waals surface area contributed by atoms with Crippen molar-refractivity contribution in [2.75, 3.05) is 46.2 Å². The van der Waals surface area contributed by atoms with Crippen molar-refractivity contribution >= 4 is 55.1 Å². The molecule has 2 aliphatic heterocycles. The lowest BCUT2D eigenvalue weighted by Crippen LogP contribution is -2.53. The first-order chi connectivity index (χ1) is 25.3. The molecule has 270 valence electrons. The maximum Gasteiger partial charge on any atom is 0.251 e. The van der Waals surface area contributed by atoms with Crippen molar-refractivity contribution < 1.29 is 43.2 Å². The number of thiophene rings is 1. The largest absolute Gasteiger partial charge is 0.508 e. The van der Waals surface area contributed by atoms with Crippen LogP contribution in [0, 0.1) is 0 Å². The number of ether oxygens (including phenoxy) is 5. The van der Waals surface area contributed by atoms with Gasteiger partial charge in [0, 0.05) is 39.5 Å². The summed E-state index contributed by atoms with van der Waals surface area (Å²) >= 11 is 5.07. The molecule has 3 amide bonds. The third-order valence-electron chi connectivity index (χ3n) is 8.95. The molecule has 1 aromatic heterocycles. The Morgan fingerprint density at radius 1 is 0.827 bits per heavy atom. The second-order valence-electron chi connectivity index (χ2n) is 12.5. The first kappa shape index (κ1) is 35.7. The van der Waals surface area contributed by atoms with Gasteiger partial charge in [0.2, 0.25) is 11.8 Å². The van der Waals surface area contributed by atoms with Gasteiger partial charge in [-0.1, -0.05) is 28.1 Å². The highest BCUT2D eigenvalue weighted by Crippen LogP contribution is 2.47. The zero-order chi connectivity index (χ0) is 36.0. The number of amides is 3. The van der Waals surface area contributed by atoms with E-state index in [1.165, 1.54) is 0 Å². The minimum Gasteiger partial charge on any atom is -0.508 e. The number of nitrogens with one attached hydrogen (secondary N) is 1. The van der Waals surface area contributed by atoms with Crippen LogP contribution in [-0.4, -0.2) is 80.0 Å². The fraction of sp³-hybridized carbons (Fsp3) is 0.308. The van der Waals surface area contributed by atoms with E-state index in [1.807, 2.05) is 60.7 Å². The Bertz CT molecular complexity index is 2020. The second-order valence-corrected chi connectivity index (χ2v) is 14.4. The number of allylic oxidation sites excluding steroid dienone is 1. The number of halogens is 1. The summed E-state index contributed by atoms with van der Waals surface area (Å²) in [5.41, 5.74) is 2.62. The molecular formula is C39H37BrN2O9S. The third-order valence-corrected chi connectivity index (χ3v) is 10.7. The maximum absolute atomic E-state index is 12.9. The first-order valence-electron chi connectivity index (χ1n) is 17.1. The van der Waals surface area contributed by atoms with Crippen LogP contribution in [0.2, 0.25) is 0 Å². The summed E-state index contributed by atoms with van der Waals surface area (Å²) in [5, 5.41) is 13.3. The predicted molar refractivity (Wildman–Crippen MR) is 198 cm³/mol. The number of fused-ring (bicyclic) bond motifs is 1. The average Bonchev–Trinajstić information content (AvgIpc) is 3.66. The Hall–Kier alpha value is -4.69. The van der Waals surface area contributed by atoms with E-state index in [-0.39, 0.29) is 24.0 Å². The van der Waals surface area contributed by atoms with Gasteiger partial charge in [-0.3, -0.25) is 19.7 Å². The quantitative estimate of drug-likeness (QED) is 0.0978. The monoisotopic (exact) mass is 788 g/mol. The number of imide groups is 1. The normalized spacial score (nSPS) is 17.3. The molecule has 2 N–H and O–H groups in total. The Morgan fingerprint density at radius 3 is 2.29 bits per heavy atom. The van der Waals surface area contributed by atoms with Crippen LogP contribution < -0.4 is 14.8 Å². The zero-order valence-electron chi connectivity index (χ0n) is 28.2. The van der Waals surface area contributed by atoms with Crippen molar-refractivity contribution in [3.63, 3.8) is 0 Å². The van der Waals surface area contributed by atoms with Crippen molar-refractivity contribution in [1.29, 1.82) is 0 Å². The molecule has 1 unspecified atom stereocenters. The molecule has 11 nitrogen and oxygen atoms in total. The molecule has 3 aromatic carbocycles. The van der Waals surface area contributed by atoms with E-state index in [4.69, 9.17) is 23.7 Å². The Morgan fingerprint density at radius 2 is 1.54 bits per heavy atom. The van der Waals surface area contributed by atoms with Gasteiger partial charge < -0.3 is 33.7 Å². The van der Waals surface area contributed by atoms with E-state index in [0.29, 0.717) is 76.9 Å².